The van der Waals surface area contributed by atoms with E-state index in [1.54, 1.807) is 23.5 Å². The summed E-state index contributed by atoms with van der Waals surface area (Å²) in [6, 6.07) is 48.2. The highest BCUT2D eigenvalue weighted by molar-refractivity contribution is 7.99. The van der Waals surface area contributed by atoms with Crippen LogP contribution in [-0.4, -0.2) is 52.9 Å². The highest BCUT2D eigenvalue weighted by Gasteiger charge is 2.26. The van der Waals surface area contributed by atoms with Crippen LogP contribution in [0.4, 0.5) is 0 Å². The molecule has 0 atom stereocenters. The zero-order valence-electron chi connectivity index (χ0n) is 37.0. The first-order valence-electron chi connectivity index (χ1n) is 22.6. The Morgan fingerprint density at radius 1 is 0.333 bits per heavy atom. The lowest BCUT2D eigenvalue weighted by Gasteiger charge is -2.25. The lowest BCUT2D eigenvalue weighted by atomic mass is 9.88. The second kappa shape index (κ2) is 22.2. The average molecular weight is 875 g/mol. The van der Waals surface area contributed by atoms with Crippen molar-refractivity contribution in [1.82, 2.24) is 0 Å². The van der Waals surface area contributed by atoms with Crippen molar-refractivity contribution in [1.29, 1.82) is 0 Å². The predicted molar refractivity (Wildman–Crippen MR) is 265 cm³/mol. The Morgan fingerprint density at radius 2 is 0.651 bits per heavy atom. The summed E-state index contributed by atoms with van der Waals surface area (Å²) in [6.45, 7) is 13.4. The van der Waals surface area contributed by atoms with Crippen LogP contribution in [0.15, 0.2) is 153 Å². The molecule has 8 aromatic carbocycles. The first-order valence-corrected chi connectivity index (χ1v) is 24.2. The van der Waals surface area contributed by atoms with Gasteiger partial charge in [0.25, 0.3) is 0 Å². The lowest BCUT2D eigenvalue weighted by Crippen LogP contribution is -2.07. The minimum atomic E-state index is 0.601. The van der Waals surface area contributed by atoms with E-state index in [1.165, 1.54) is 54.6 Å². The molecule has 0 bridgehead atoms. The van der Waals surface area contributed by atoms with Gasteiger partial charge in [-0.15, -0.1) is 0 Å². The molecule has 0 saturated carbocycles. The minimum absolute atomic E-state index is 0.601. The SMILES string of the molecule is CCOCCc1c2ccccc2c(CCOCC)c2c(Oc3c(Sc4ccccc4)ccc4c(CCOCC)c5ccccc5c(CCOCC)c34)c(Sc3ccccc3)ccc12. The molecule has 0 aliphatic heterocycles. The van der Waals surface area contributed by atoms with Crippen LogP contribution < -0.4 is 4.74 Å². The fourth-order valence-corrected chi connectivity index (χ4v) is 10.7. The molecule has 8 aromatic rings. The van der Waals surface area contributed by atoms with Gasteiger partial charge in [-0.05, 0) is 144 Å². The Hall–Kier alpha value is -4.86. The quantitative estimate of drug-likeness (QED) is 0.0496. The number of rotatable bonds is 22. The second-order valence-electron chi connectivity index (χ2n) is 15.4. The number of hydrogen-bond donors (Lipinski definition) is 0. The largest absolute Gasteiger partial charge is 0.454 e. The van der Waals surface area contributed by atoms with Gasteiger partial charge in [-0.2, -0.15) is 0 Å². The molecule has 324 valence electrons. The summed E-state index contributed by atoms with van der Waals surface area (Å²) in [4.78, 5) is 4.40. The van der Waals surface area contributed by atoms with Crippen LogP contribution in [0.25, 0.3) is 43.1 Å². The van der Waals surface area contributed by atoms with E-state index in [4.69, 9.17) is 23.7 Å². The molecule has 0 spiro atoms. The van der Waals surface area contributed by atoms with Crippen molar-refractivity contribution in [2.24, 2.45) is 0 Å². The third-order valence-corrected chi connectivity index (χ3v) is 13.7. The molecule has 0 unspecified atom stereocenters. The lowest BCUT2D eigenvalue weighted by molar-refractivity contribution is 0.151. The smallest absolute Gasteiger partial charge is 0.149 e. The van der Waals surface area contributed by atoms with E-state index in [-0.39, 0.29) is 0 Å². The van der Waals surface area contributed by atoms with E-state index >= 15 is 0 Å². The van der Waals surface area contributed by atoms with Crippen LogP contribution in [0.3, 0.4) is 0 Å². The summed E-state index contributed by atoms with van der Waals surface area (Å²) in [5.74, 6) is 1.72. The van der Waals surface area contributed by atoms with Gasteiger partial charge in [0, 0.05) is 47.0 Å². The zero-order valence-corrected chi connectivity index (χ0v) is 38.7. The van der Waals surface area contributed by atoms with E-state index in [0.29, 0.717) is 52.9 Å². The Bertz CT molecular complexity index is 2580. The summed E-state index contributed by atoms with van der Waals surface area (Å²) >= 11 is 3.50. The molecule has 0 aliphatic rings. The van der Waals surface area contributed by atoms with E-state index < -0.39 is 0 Å². The van der Waals surface area contributed by atoms with E-state index in [0.717, 1.165) is 67.5 Å². The van der Waals surface area contributed by atoms with Crippen molar-refractivity contribution in [3.8, 4) is 11.5 Å². The molecule has 5 nitrogen and oxygen atoms in total. The summed E-state index contributed by atoms with van der Waals surface area (Å²) in [5.41, 5.74) is 5.01. The molecule has 7 heteroatoms. The summed E-state index contributed by atoms with van der Waals surface area (Å²) in [7, 11) is 0. The Morgan fingerprint density at radius 3 is 1.00 bits per heavy atom. The second-order valence-corrected chi connectivity index (χ2v) is 17.6. The van der Waals surface area contributed by atoms with Gasteiger partial charge in [0.1, 0.15) is 11.5 Å². The molecule has 0 heterocycles. The van der Waals surface area contributed by atoms with E-state index in [1.807, 2.05) is 0 Å². The molecule has 63 heavy (non-hydrogen) atoms. The molecular weight excluding hydrogens is 817 g/mol. The van der Waals surface area contributed by atoms with Gasteiger partial charge in [-0.3, -0.25) is 0 Å². The van der Waals surface area contributed by atoms with Crippen LogP contribution >= 0.6 is 23.5 Å². The third-order valence-electron chi connectivity index (χ3n) is 11.6. The maximum absolute atomic E-state index is 7.98. The average Bonchev–Trinajstić information content (AvgIpc) is 3.32. The van der Waals surface area contributed by atoms with Crippen molar-refractivity contribution < 1.29 is 23.7 Å². The highest BCUT2D eigenvalue weighted by Crippen LogP contribution is 2.52. The maximum atomic E-state index is 7.98. The Balaban J connectivity index is 1.50. The fraction of sp³-hybridized carbons (Fsp3) is 0.286. The topological polar surface area (TPSA) is 46.2 Å². The Labute approximate surface area is 381 Å². The van der Waals surface area contributed by atoms with E-state index in [2.05, 4.69) is 161 Å². The number of hydrogen-bond acceptors (Lipinski definition) is 7. The molecule has 0 fully saturated rings. The van der Waals surface area contributed by atoms with Gasteiger partial charge in [-0.25, -0.2) is 0 Å². The number of ether oxygens (including phenoxy) is 5. The summed E-state index contributed by atoms with van der Waals surface area (Å²) in [5, 5.41) is 9.57. The van der Waals surface area contributed by atoms with Gasteiger partial charge in [0.2, 0.25) is 0 Å². The number of benzene rings is 8. The van der Waals surface area contributed by atoms with Crippen LogP contribution in [0.2, 0.25) is 0 Å². The molecule has 8 rings (SSSR count). The van der Waals surface area contributed by atoms with Gasteiger partial charge >= 0.3 is 0 Å². The Kier molecular flexibility index (Phi) is 15.7. The van der Waals surface area contributed by atoms with Crippen LogP contribution in [0.1, 0.15) is 49.9 Å². The molecule has 0 aliphatic carbocycles. The van der Waals surface area contributed by atoms with Crippen LogP contribution in [0, 0.1) is 0 Å². The van der Waals surface area contributed by atoms with Gasteiger partial charge in [-0.1, -0.05) is 121 Å². The third kappa shape index (κ3) is 10.1. The molecule has 0 aromatic heterocycles. The fourth-order valence-electron chi connectivity index (χ4n) is 8.84. The monoisotopic (exact) mass is 874 g/mol. The van der Waals surface area contributed by atoms with Crippen molar-refractivity contribution in [3.05, 3.63) is 156 Å². The van der Waals surface area contributed by atoms with Crippen LogP contribution in [-0.2, 0) is 44.6 Å². The van der Waals surface area contributed by atoms with Crippen molar-refractivity contribution in [2.75, 3.05) is 52.9 Å². The van der Waals surface area contributed by atoms with Crippen molar-refractivity contribution >= 4 is 66.6 Å². The molecule has 0 amide bonds. The molecule has 0 N–H and O–H groups in total. The number of fused-ring (bicyclic) bond motifs is 4. The molecule has 0 radical (unpaired) electrons. The maximum Gasteiger partial charge on any atom is 0.149 e. The van der Waals surface area contributed by atoms with E-state index in [9.17, 15) is 0 Å². The van der Waals surface area contributed by atoms with Gasteiger partial charge in [0.05, 0.1) is 36.2 Å². The first-order chi connectivity index (χ1) is 31.1. The van der Waals surface area contributed by atoms with Crippen molar-refractivity contribution in [2.45, 2.75) is 73.0 Å². The van der Waals surface area contributed by atoms with Crippen LogP contribution in [0.5, 0.6) is 11.5 Å². The molecular formula is C56H58O5S2. The summed E-state index contributed by atoms with van der Waals surface area (Å²) in [6.07, 6.45) is 3.03. The predicted octanol–water partition coefficient (Wildman–Crippen LogP) is 14.7. The standard InChI is InChI=1S/C56H58O5S2/c1-5-57-35-31-45-41-23-15-17-25-43(41)49(33-37-59-7-3)53-47(45)27-29-51(62-39-19-11-9-12-20-39)55(53)61-56-52(63-40-21-13-10-14-22-40)30-28-48-46(32-36-58-6-2)42-24-16-18-26-44(42)50(54(48)56)34-38-60-8-4/h9-30H,5-8,31-38H2,1-4H3. The van der Waals surface area contributed by atoms with Crippen molar-refractivity contribution in [3.63, 3.8) is 0 Å². The zero-order chi connectivity index (χ0) is 43.4. The van der Waals surface area contributed by atoms with Gasteiger partial charge < -0.3 is 23.7 Å². The first kappa shape index (κ1) is 44.7. The summed E-state index contributed by atoms with van der Waals surface area (Å²) < 4.78 is 32.4. The minimum Gasteiger partial charge on any atom is -0.454 e. The highest BCUT2D eigenvalue weighted by atomic mass is 32.2. The normalized spacial score (nSPS) is 11.7. The van der Waals surface area contributed by atoms with Gasteiger partial charge in [0.15, 0.2) is 0 Å². The molecule has 0 saturated heterocycles.